The molecule has 3 unspecified atom stereocenters. The zero-order chi connectivity index (χ0) is 28.1. The number of allylic oxidation sites excluding steroid dienone is 7. The molecule has 3 saturated carbocycles. The van der Waals surface area contributed by atoms with E-state index in [9.17, 15) is 19.9 Å². The van der Waals surface area contributed by atoms with Crippen molar-refractivity contribution in [2.75, 3.05) is 13.4 Å². The summed E-state index contributed by atoms with van der Waals surface area (Å²) in [7, 11) is -3.54. The highest BCUT2D eigenvalue weighted by Gasteiger charge is 2.50. The second kappa shape index (κ2) is 13.4. The zero-order valence-electron chi connectivity index (χ0n) is 23.9. The summed E-state index contributed by atoms with van der Waals surface area (Å²) in [5.74, 6) is 1.37. The summed E-state index contributed by atoms with van der Waals surface area (Å²) in [5.41, 5.74) is 3.39. The molecule has 0 amide bonds. The highest BCUT2D eigenvalue weighted by molar-refractivity contribution is 7.58. The van der Waals surface area contributed by atoms with Crippen molar-refractivity contribution in [1.29, 1.82) is 0 Å². The van der Waals surface area contributed by atoms with Crippen LogP contribution in [0.3, 0.4) is 0 Å². The highest BCUT2D eigenvalue weighted by Crippen LogP contribution is 2.60. The van der Waals surface area contributed by atoms with Crippen LogP contribution in [0.2, 0.25) is 0 Å². The first kappa shape index (κ1) is 31.3. The van der Waals surface area contributed by atoms with Gasteiger partial charge < -0.3 is 19.8 Å². The average Bonchev–Trinajstić information content (AvgIpc) is 3.20. The van der Waals surface area contributed by atoms with Gasteiger partial charge in [0.25, 0.3) is 0 Å². The van der Waals surface area contributed by atoms with Gasteiger partial charge >= 0.3 is 7.60 Å². The van der Waals surface area contributed by atoms with Crippen LogP contribution in [-0.2, 0) is 13.6 Å². The number of aliphatic hydroxyl groups excluding tert-OH is 3. The third kappa shape index (κ3) is 6.89. The van der Waals surface area contributed by atoms with Crippen molar-refractivity contribution in [2.45, 2.75) is 91.8 Å². The van der Waals surface area contributed by atoms with Gasteiger partial charge in [0.1, 0.15) is 0 Å². The van der Waals surface area contributed by atoms with E-state index in [2.05, 4.69) is 38.7 Å². The van der Waals surface area contributed by atoms with Crippen LogP contribution in [0.1, 0.15) is 79.6 Å². The van der Waals surface area contributed by atoms with E-state index in [1.54, 1.807) is 6.92 Å². The number of fused-ring (bicyclic) bond motifs is 1. The van der Waals surface area contributed by atoms with Gasteiger partial charge in [-0.15, -0.1) is 0 Å². The maximum Gasteiger partial charge on any atom is 0.359 e. The van der Waals surface area contributed by atoms with Gasteiger partial charge in [-0.1, -0.05) is 70.2 Å². The van der Waals surface area contributed by atoms with E-state index < -0.39 is 26.6 Å². The molecular formula is C31H49O6P. The van der Waals surface area contributed by atoms with Gasteiger partial charge in [-0.3, -0.25) is 9.09 Å². The van der Waals surface area contributed by atoms with Gasteiger partial charge in [-0.2, -0.15) is 0 Å². The lowest BCUT2D eigenvalue weighted by molar-refractivity contribution is 0.0789. The van der Waals surface area contributed by atoms with Crippen LogP contribution in [0.5, 0.6) is 0 Å². The molecule has 3 aliphatic rings. The van der Waals surface area contributed by atoms with Crippen molar-refractivity contribution < 1.29 is 28.9 Å². The lowest BCUT2D eigenvalue weighted by Crippen LogP contribution is -2.35. The molecule has 0 heterocycles. The molecular weight excluding hydrogens is 499 g/mol. The maximum atomic E-state index is 13.2. The predicted molar refractivity (Wildman–Crippen MR) is 153 cm³/mol. The van der Waals surface area contributed by atoms with Gasteiger partial charge in [0.2, 0.25) is 0 Å². The van der Waals surface area contributed by atoms with Gasteiger partial charge in [-0.25, -0.2) is 0 Å². The summed E-state index contributed by atoms with van der Waals surface area (Å²) in [6.45, 7) is 14.0. The molecule has 0 aliphatic heterocycles. The Morgan fingerprint density at radius 1 is 1.21 bits per heavy atom. The van der Waals surface area contributed by atoms with Crippen LogP contribution in [0, 0.1) is 29.1 Å². The molecule has 6 nitrogen and oxygen atoms in total. The number of hydrogen-bond donors (Lipinski definition) is 3. The van der Waals surface area contributed by atoms with Crippen molar-refractivity contribution in [2.24, 2.45) is 29.1 Å². The fourth-order valence-corrected chi connectivity index (χ4v) is 8.87. The quantitative estimate of drug-likeness (QED) is 0.154. The first-order chi connectivity index (χ1) is 18.0. The lowest BCUT2D eigenvalue weighted by Gasteiger charge is -2.44. The molecule has 0 saturated heterocycles. The Hall–Kier alpha value is -1.27. The lowest BCUT2D eigenvalue weighted by atomic mass is 9.61. The minimum atomic E-state index is -3.54. The summed E-state index contributed by atoms with van der Waals surface area (Å²) in [6.07, 6.45) is 15.9. The Morgan fingerprint density at radius 2 is 1.95 bits per heavy atom. The smallest absolute Gasteiger partial charge is 0.359 e. The maximum absolute atomic E-state index is 13.2. The van der Waals surface area contributed by atoms with Crippen LogP contribution < -0.4 is 0 Å². The average molecular weight is 549 g/mol. The molecule has 0 bridgehead atoms. The second-order valence-corrected chi connectivity index (χ2v) is 13.9. The SMILES string of the molecule is C=C1/C(=C/C=C2/CCC[C@]3(C)C(C(C)/C=C/C=C(\C(C)C)P(=O)(OCC)OCO)CC[C@@H]23)C[C@@H](O)C[C@@H]1O. The summed E-state index contributed by atoms with van der Waals surface area (Å²) < 4.78 is 23.9. The Balaban J connectivity index is 1.78. The Morgan fingerprint density at radius 3 is 2.61 bits per heavy atom. The van der Waals surface area contributed by atoms with Crippen LogP contribution in [0.25, 0.3) is 0 Å². The number of aliphatic hydroxyl groups is 3. The third-order valence-corrected chi connectivity index (χ3v) is 11.4. The van der Waals surface area contributed by atoms with Gasteiger partial charge in [0, 0.05) is 11.7 Å². The monoisotopic (exact) mass is 548 g/mol. The highest BCUT2D eigenvalue weighted by atomic mass is 31.2. The van der Waals surface area contributed by atoms with Crippen LogP contribution in [0.15, 0.2) is 59.0 Å². The molecule has 0 aromatic heterocycles. The molecule has 38 heavy (non-hydrogen) atoms. The van der Waals surface area contributed by atoms with Crippen molar-refractivity contribution in [3.05, 3.63) is 59.0 Å². The fraction of sp³-hybridized carbons (Fsp3) is 0.677. The predicted octanol–water partition coefficient (Wildman–Crippen LogP) is 7.06. The molecule has 3 N–H and O–H groups in total. The van der Waals surface area contributed by atoms with E-state index in [4.69, 9.17) is 9.05 Å². The van der Waals surface area contributed by atoms with Gasteiger partial charge in [-0.05, 0) is 85.7 Å². The number of rotatable bonds is 10. The molecule has 7 heteroatoms. The van der Waals surface area contributed by atoms with Gasteiger partial charge in [0.05, 0.1) is 18.8 Å². The molecule has 0 aromatic rings. The summed E-state index contributed by atoms with van der Waals surface area (Å²) in [4.78, 5) is 0. The largest absolute Gasteiger partial charge is 0.393 e. The Labute approximate surface area is 229 Å². The normalized spacial score (nSPS) is 35.3. The van der Waals surface area contributed by atoms with Crippen LogP contribution >= 0.6 is 7.60 Å². The molecule has 3 aliphatic carbocycles. The van der Waals surface area contributed by atoms with E-state index in [1.807, 2.05) is 26.0 Å². The topological polar surface area (TPSA) is 96.2 Å². The summed E-state index contributed by atoms with van der Waals surface area (Å²) >= 11 is 0. The van der Waals surface area contributed by atoms with E-state index in [0.29, 0.717) is 35.9 Å². The van der Waals surface area contributed by atoms with Crippen molar-refractivity contribution in [1.82, 2.24) is 0 Å². The minimum Gasteiger partial charge on any atom is -0.393 e. The van der Waals surface area contributed by atoms with Crippen molar-refractivity contribution in [3.8, 4) is 0 Å². The first-order valence-electron chi connectivity index (χ1n) is 14.3. The molecule has 3 fully saturated rings. The van der Waals surface area contributed by atoms with Crippen LogP contribution in [0.4, 0.5) is 0 Å². The Kier molecular flexibility index (Phi) is 11.0. The minimum absolute atomic E-state index is 0.0464. The van der Waals surface area contributed by atoms with E-state index in [-0.39, 0.29) is 17.9 Å². The van der Waals surface area contributed by atoms with E-state index in [0.717, 1.165) is 36.8 Å². The summed E-state index contributed by atoms with van der Waals surface area (Å²) in [6, 6.07) is 0. The molecule has 3 rings (SSSR count). The number of hydrogen-bond acceptors (Lipinski definition) is 6. The van der Waals surface area contributed by atoms with Gasteiger partial charge in [0.15, 0.2) is 6.79 Å². The molecule has 0 aromatic carbocycles. The molecule has 0 spiro atoms. The zero-order valence-corrected chi connectivity index (χ0v) is 24.8. The Bertz CT molecular complexity index is 998. The van der Waals surface area contributed by atoms with E-state index >= 15 is 0 Å². The fourth-order valence-electron chi connectivity index (χ4n) is 7.10. The van der Waals surface area contributed by atoms with Crippen LogP contribution in [-0.4, -0.2) is 40.9 Å². The van der Waals surface area contributed by atoms with Crippen molar-refractivity contribution in [3.63, 3.8) is 0 Å². The third-order valence-electron chi connectivity index (χ3n) is 9.05. The molecule has 7 atom stereocenters. The first-order valence-corrected chi connectivity index (χ1v) is 15.8. The summed E-state index contributed by atoms with van der Waals surface area (Å²) in [5, 5.41) is 30.2. The molecule has 214 valence electrons. The standard InChI is InChI=1S/C31H49O6P/c1-7-36-38(35,37-20-32)30(21(2)3)12-8-10-22(4)27-15-16-28-24(11-9-17-31(27,28)6)13-14-25-18-26(33)19-29(34)23(25)5/h8,10,12-14,21-22,26-29,32-34H,5,7,9,11,15-20H2,1-4,6H3/b10-8+,24-13-,25-14+,30-12+/t22?,26-,27?,28+,29+,31-,38?/m1/s1. The molecule has 0 radical (unpaired) electrons. The second-order valence-electron chi connectivity index (χ2n) is 11.8. The van der Waals surface area contributed by atoms with E-state index in [1.165, 1.54) is 12.0 Å². The van der Waals surface area contributed by atoms with Crippen molar-refractivity contribution >= 4 is 7.60 Å².